The molecule has 0 saturated heterocycles. The number of anilines is 1. The van der Waals surface area contributed by atoms with E-state index >= 15 is 0 Å². The largest absolute Gasteiger partial charge is 0.454 e. The van der Waals surface area contributed by atoms with Crippen LogP contribution in [0.5, 0.6) is 11.5 Å². The number of carbonyl (C=O) groups is 1. The quantitative estimate of drug-likeness (QED) is 0.745. The molecule has 1 aliphatic rings. The highest BCUT2D eigenvalue weighted by molar-refractivity contribution is 5.94. The van der Waals surface area contributed by atoms with Crippen LogP contribution in [0.4, 0.5) is 5.69 Å². The monoisotopic (exact) mass is 353 g/mol. The summed E-state index contributed by atoms with van der Waals surface area (Å²) in [5, 5.41) is 3.03. The molecule has 0 unspecified atom stereocenters. The van der Waals surface area contributed by atoms with Gasteiger partial charge in [0.25, 0.3) is 5.56 Å². The molecule has 2 N–H and O–H groups in total. The minimum absolute atomic E-state index is 0.130. The molecule has 132 valence electrons. The molecule has 2 aromatic carbocycles. The molecule has 0 fully saturated rings. The number of aromatic amines is 1. The van der Waals surface area contributed by atoms with Crippen LogP contribution in [0.25, 0.3) is 10.9 Å². The smallest absolute Gasteiger partial charge is 0.329 e. The number of fused-ring (bicyclic) bond motifs is 2. The maximum Gasteiger partial charge on any atom is 0.329 e. The Morgan fingerprint density at radius 2 is 1.92 bits per heavy atom. The van der Waals surface area contributed by atoms with E-state index in [-0.39, 0.29) is 6.79 Å². The Morgan fingerprint density at radius 3 is 2.77 bits per heavy atom. The molecule has 2 heterocycles. The van der Waals surface area contributed by atoms with Crippen LogP contribution in [0.2, 0.25) is 0 Å². The highest BCUT2D eigenvalue weighted by Gasteiger charge is 2.21. The first kappa shape index (κ1) is 15.9. The summed E-state index contributed by atoms with van der Waals surface area (Å²) in [5.74, 6) is 0.626. The number of hydrogen-bond acceptors (Lipinski definition) is 5. The number of hydrogen-bond donors (Lipinski definition) is 2. The topological polar surface area (TPSA) is 102 Å². The maximum atomic E-state index is 12.6. The van der Waals surface area contributed by atoms with Crippen LogP contribution in [0, 0.1) is 0 Å². The van der Waals surface area contributed by atoms with Crippen molar-refractivity contribution < 1.29 is 14.3 Å². The van der Waals surface area contributed by atoms with Crippen LogP contribution in [-0.4, -0.2) is 22.3 Å². The van der Waals surface area contributed by atoms with E-state index in [1.54, 1.807) is 42.5 Å². The molecule has 0 spiro atoms. The van der Waals surface area contributed by atoms with E-state index in [1.807, 2.05) is 0 Å². The Kier molecular flexibility index (Phi) is 3.72. The summed E-state index contributed by atoms with van der Waals surface area (Å²) in [6.07, 6.45) is 0. The van der Waals surface area contributed by atoms with E-state index in [9.17, 15) is 14.4 Å². The predicted molar refractivity (Wildman–Crippen MR) is 94.7 cm³/mol. The van der Waals surface area contributed by atoms with E-state index in [2.05, 4.69) is 10.3 Å². The first-order chi connectivity index (χ1) is 12.5. The average Bonchev–Trinajstić information content (AvgIpc) is 3.09. The molecule has 1 aromatic heterocycles. The third kappa shape index (κ3) is 2.61. The lowest BCUT2D eigenvalue weighted by Crippen LogP contribution is -2.41. The van der Waals surface area contributed by atoms with E-state index in [1.165, 1.54) is 6.92 Å². The molecule has 8 heteroatoms. The second-order valence-electron chi connectivity index (χ2n) is 5.88. The molecule has 26 heavy (non-hydrogen) atoms. The van der Waals surface area contributed by atoms with Crippen molar-refractivity contribution in [1.29, 1.82) is 0 Å². The van der Waals surface area contributed by atoms with E-state index < -0.39 is 23.2 Å². The zero-order valence-corrected chi connectivity index (χ0v) is 13.8. The van der Waals surface area contributed by atoms with Gasteiger partial charge in [-0.15, -0.1) is 0 Å². The molecule has 8 nitrogen and oxygen atoms in total. The SMILES string of the molecule is C[C@@H](C(=O)Nc1ccc2c(c1)OCO2)n1c(=O)[nH]c2ccccc2c1=O. The number of carbonyl (C=O) groups excluding carboxylic acids is 1. The van der Waals surface area contributed by atoms with Crippen molar-refractivity contribution in [2.45, 2.75) is 13.0 Å². The molecule has 0 bridgehead atoms. The van der Waals surface area contributed by atoms with E-state index in [0.29, 0.717) is 28.1 Å². The fraction of sp³-hybridized carbons (Fsp3) is 0.167. The Labute approximate surface area is 147 Å². The van der Waals surface area contributed by atoms with Gasteiger partial charge in [-0.2, -0.15) is 0 Å². The first-order valence-corrected chi connectivity index (χ1v) is 7.98. The summed E-state index contributed by atoms with van der Waals surface area (Å²) in [5.41, 5.74) is -0.238. The summed E-state index contributed by atoms with van der Waals surface area (Å²) in [4.78, 5) is 40.1. The highest BCUT2D eigenvalue weighted by atomic mass is 16.7. The van der Waals surface area contributed by atoms with E-state index in [0.717, 1.165) is 4.57 Å². The maximum absolute atomic E-state index is 12.6. The third-order valence-corrected chi connectivity index (χ3v) is 4.24. The molecule has 3 aromatic rings. The normalized spacial score (nSPS) is 13.6. The van der Waals surface area contributed by atoms with Gasteiger partial charge in [-0.3, -0.25) is 9.59 Å². The van der Waals surface area contributed by atoms with Gasteiger partial charge in [-0.1, -0.05) is 12.1 Å². The molecule has 0 aliphatic carbocycles. The molecule has 0 saturated carbocycles. The summed E-state index contributed by atoms with van der Waals surface area (Å²) in [7, 11) is 0. The van der Waals surface area contributed by atoms with Gasteiger partial charge in [0, 0.05) is 11.8 Å². The van der Waals surface area contributed by atoms with Crippen LogP contribution in [-0.2, 0) is 4.79 Å². The van der Waals surface area contributed by atoms with Gasteiger partial charge in [0.1, 0.15) is 6.04 Å². The van der Waals surface area contributed by atoms with Crippen LogP contribution in [0.1, 0.15) is 13.0 Å². The summed E-state index contributed by atoms with van der Waals surface area (Å²) in [6.45, 7) is 1.62. The average molecular weight is 353 g/mol. The van der Waals surface area contributed by atoms with Crippen LogP contribution in [0.15, 0.2) is 52.1 Å². The number of rotatable bonds is 3. The van der Waals surface area contributed by atoms with Gasteiger partial charge < -0.3 is 19.8 Å². The predicted octanol–water partition coefficient (Wildman–Crippen LogP) is 1.62. The number of ether oxygens (including phenoxy) is 2. The summed E-state index contributed by atoms with van der Waals surface area (Å²) >= 11 is 0. The minimum atomic E-state index is -0.999. The molecule has 1 amide bonds. The number of para-hydroxylation sites is 1. The van der Waals surface area contributed by atoms with Gasteiger partial charge in [0.15, 0.2) is 11.5 Å². The fourth-order valence-corrected chi connectivity index (χ4v) is 2.87. The van der Waals surface area contributed by atoms with Crippen molar-refractivity contribution in [3.05, 3.63) is 63.3 Å². The molecule has 4 rings (SSSR count). The van der Waals surface area contributed by atoms with Crippen LogP contribution < -0.4 is 26.0 Å². The van der Waals surface area contributed by atoms with E-state index in [4.69, 9.17) is 9.47 Å². The second-order valence-corrected chi connectivity index (χ2v) is 5.88. The summed E-state index contributed by atoms with van der Waals surface area (Å²) < 4.78 is 11.4. The number of nitrogens with zero attached hydrogens (tertiary/aromatic N) is 1. The van der Waals surface area contributed by atoms with Crippen molar-refractivity contribution >= 4 is 22.5 Å². The standard InChI is InChI=1S/C18H15N3O5/c1-10(16(22)19-11-6-7-14-15(8-11)26-9-25-14)21-17(23)12-4-2-3-5-13(12)20-18(21)24/h2-8,10H,9H2,1H3,(H,19,22)(H,20,24)/t10-/m0/s1. The second kappa shape index (κ2) is 6.07. The number of aromatic nitrogens is 2. The third-order valence-electron chi connectivity index (χ3n) is 4.24. The van der Waals surface area contributed by atoms with Crippen molar-refractivity contribution in [2.24, 2.45) is 0 Å². The van der Waals surface area contributed by atoms with Crippen LogP contribution >= 0.6 is 0 Å². The number of H-pyrrole nitrogens is 1. The zero-order chi connectivity index (χ0) is 18.3. The molecular weight excluding hydrogens is 338 g/mol. The molecule has 0 radical (unpaired) electrons. The van der Waals surface area contributed by atoms with Crippen LogP contribution in [0.3, 0.4) is 0 Å². The first-order valence-electron chi connectivity index (χ1n) is 7.98. The van der Waals surface area contributed by atoms with Crippen molar-refractivity contribution in [3.8, 4) is 11.5 Å². The molecular formula is C18H15N3O5. The Bertz CT molecular complexity index is 1130. The Hall–Kier alpha value is -3.55. The number of benzene rings is 2. The Balaban J connectivity index is 1.66. The lowest BCUT2D eigenvalue weighted by Gasteiger charge is -2.15. The fourth-order valence-electron chi connectivity index (χ4n) is 2.87. The van der Waals surface area contributed by atoms with Gasteiger partial charge in [0.05, 0.1) is 10.9 Å². The number of amides is 1. The molecule has 1 atom stereocenters. The van der Waals surface area contributed by atoms with Gasteiger partial charge >= 0.3 is 5.69 Å². The van der Waals surface area contributed by atoms with Gasteiger partial charge in [-0.25, -0.2) is 9.36 Å². The van der Waals surface area contributed by atoms with Gasteiger partial charge in [0.2, 0.25) is 12.7 Å². The van der Waals surface area contributed by atoms with Crippen molar-refractivity contribution in [3.63, 3.8) is 0 Å². The lowest BCUT2D eigenvalue weighted by molar-refractivity contribution is -0.119. The van der Waals surface area contributed by atoms with Gasteiger partial charge in [-0.05, 0) is 31.2 Å². The number of nitrogens with one attached hydrogen (secondary N) is 2. The zero-order valence-electron chi connectivity index (χ0n) is 13.8. The van der Waals surface area contributed by atoms with Crippen molar-refractivity contribution in [2.75, 3.05) is 12.1 Å². The molecule has 1 aliphatic heterocycles. The van der Waals surface area contributed by atoms with Crippen molar-refractivity contribution in [1.82, 2.24) is 9.55 Å². The summed E-state index contributed by atoms with van der Waals surface area (Å²) in [6, 6.07) is 10.6. The highest BCUT2D eigenvalue weighted by Crippen LogP contribution is 2.34. The lowest BCUT2D eigenvalue weighted by atomic mass is 10.2. The minimum Gasteiger partial charge on any atom is -0.454 e. The Morgan fingerprint density at radius 1 is 1.15 bits per heavy atom.